The fourth-order valence-corrected chi connectivity index (χ4v) is 2.97. The van der Waals surface area contributed by atoms with Crippen molar-refractivity contribution in [2.75, 3.05) is 6.61 Å². The van der Waals surface area contributed by atoms with E-state index in [1.807, 2.05) is 0 Å². The van der Waals surface area contributed by atoms with Gasteiger partial charge in [0.15, 0.2) is 11.5 Å². The van der Waals surface area contributed by atoms with Crippen molar-refractivity contribution in [1.82, 2.24) is 4.98 Å². The zero-order chi connectivity index (χ0) is 15.6. The first-order chi connectivity index (χ1) is 9.93. The van der Waals surface area contributed by atoms with Gasteiger partial charge in [0, 0.05) is 12.5 Å². The first-order valence-corrected chi connectivity index (χ1v) is 7.69. The monoisotopic (exact) mass is 371 g/mol. The van der Waals surface area contributed by atoms with Crippen molar-refractivity contribution < 1.29 is 18.7 Å². The molecule has 21 heavy (non-hydrogen) atoms. The first-order valence-electron chi connectivity index (χ1n) is 6.08. The summed E-state index contributed by atoms with van der Waals surface area (Å²) in [6.45, 7) is 3.24. The van der Waals surface area contributed by atoms with Gasteiger partial charge in [0.2, 0.25) is 0 Å². The number of hydrogen-bond donors (Lipinski definition) is 0. The number of ketones is 1. The van der Waals surface area contributed by atoms with Crippen LogP contribution in [0.5, 0.6) is 0 Å². The predicted octanol–water partition coefficient (Wildman–Crippen LogP) is 4.09. The number of nitrogens with zero attached hydrogens (tertiary/aromatic N) is 1. The highest BCUT2D eigenvalue weighted by Crippen LogP contribution is 2.31. The Morgan fingerprint density at radius 1 is 1.43 bits per heavy atom. The zero-order valence-electron chi connectivity index (χ0n) is 11.3. The molecular formula is C14H11BrFNO3S. The van der Waals surface area contributed by atoms with Crippen molar-refractivity contribution >= 4 is 39.0 Å². The van der Waals surface area contributed by atoms with Gasteiger partial charge in [0.25, 0.3) is 0 Å². The van der Waals surface area contributed by atoms with Crippen molar-refractivity contribution in [3.63, 3.8) is 0 Å². The molecule has 0 aliphatic rings. The van der Waals surface area contributed by atoms with Gasteiger partial charge in [-0.1, -0.05) is 0 Å². The second-order valence-electron chi connectivity index (χ2n) is 4.10. The molecule has 0 fully saturated rings. The average Bonchev–Trinajstić information content (AvgIpc) is 2.87. The van der Waals surface area contributed by atoms with E-state index in [4.69, 9.17) is 4.74 Å². The Balaban J connectivity index is 2.50. The van der Waals surface area contributed by atoms with Gasteiger partial charge in [-0.3, -0.25) is 4.79 Å². The summed E-state index contributed by atoms with van der Waals surface area (Å²) in [6.07, 6.45) is 0. The van der Waals surface area contributed by atoms with Gasteiger partial charge in [0.05, 0.1) is 11.1 Å². The molecule has 1 aromatic carbocycles. The molecule has 4 nitrogen and oxygen atoms in total. The lowest BCUT2D eigenvalue weighted by atomic mass is 10.2. The van der Waals surface area contributed by atoms with Crippen LogP contribution in [-0.4, -0.2) is 23.3 Å². The normalized spacial score (nSPS) is 10.5. The summed E-state index contributed by atoms with van der Waals surface area (Å²) in [5.74, 6) is -1.29. The fraction of sp³-hybridized carbons (Fsp3) is 0.214. The number of rotatable bonds is 4. The molecule has 0 spiro atoms. The highest BCUT2D eigenvalue weighted by Gasteiger charge is 2.23. The minimum Gasteiger partial charge on any atom is -0.461 e. The highest BCUT2D eigenvalue weighted by molar-refractivity contribution is 9.10. The molecule has 0 aliphatic heterocycles. The zero-order valence-corrected chi connectivity index (χ0v) is 13.7. The lowest BCUT2D eigenvalue weighted by Crippen LogP contribution is -2.09. The van der Waals surface area contributed by atoms with Crippen LogP contribution in [0.2, 0.25) is 0 Å². The molecule has 0 aliphatic carbocycles. The smallest absolute Gasteiger partial charge is 0.358 e. The first kappa shape index (κ1) is 15.8. The minimum atomic E-state index is -0.633. The van der Waals surface area contributed by atoms with Crippen molar-refractivity contribution in [3.8, 4) is 10.6 Å². The Kier molecular flexibility index (Phi) is 4.84. The fourth-order valence-electron chi connectivity index (χ4n) is 1.65. The molecule has 0 unspecified atom stereocenters. The van der Waals surface area contributed by atoms with Gasteiger partial charge in [-0.15, -0.1) is 11.3 Å². The highest BCUT2D eigenvalue weighted by atomic mass is 79.9. The van der Waals surface area contributed by atoms with E-state index in [0.29, 0.717) is 10.6 Å². The number of carbonyl (C=O) groups excluding carboxylic acids is 2. The second kappa shape index (κ2) is 6.44. The molecule has 110 valence electrons. The summed E-state index contributed by atoms with van der Waals surface area (Å²) in [5, 5.41) is 0.462. The average molecular weight is 372 g/mol. The van der Waals surface area contributed by atoms with Gasteiger partial charge in [-0.25, -0.2) is 14.2 Å². The van der Waals surface area contributed by atoms with E-state index in [0.717, 1.165) is 11.3 Å². The number of hydrogen-bond acceptors (Lipinski definition) is 5. The Hall–Kier alpha value is -1.60. The molecule has 2 rings (SSSR count). The molecule has 0 amide bonds. The maximum Gasteiger partial charge on any atom is 0.358 e. The third-order valence-corrected chi connectivity index (χ3v) is 4.40. The van der Waals surface area contributed by atoms with E-state index in [1.165, 1.54) is 19.1 Å². The van der Waals surface area contributed by atoms with Gasteiger partial charge in [-0.2, -0.15) is 0 Å². The third kappa shape index (κ3) is 3.36. The van der Waals surface area contributed by atoms with Crippen LogP contribution in [0.25, 0.3) is 10.6 Å². The lowest BCUT2D eigenvalue weighted by molar-refractivity contribution is 0.0517. The van der Waals surface area contributed by atoms with Crippen LogP contribution in [0, 0.1) is 5.82 Å². The van der Waals surface area contributed by atoms with Gasteiger partial charge < -0.3 is 4.74 Å². The Morgan fingerprint density at radius 2 is 2.14 bits per heavy atom. The van der Waals surface area contributed by atoms with Gasteiger partial charge >= 0.3 is 5.97 Å². The summed E-state index contributed by atoms with van der Waals surface area (Å²) in [5.41, 5.74) is 0.621. The number of ether oxygens (including phenoxy) is 1. The Morgan fingerprint density at radius 3 is 2.71 bits per heavy atom. The SMILES string of the molecule is CCOC(=O)c1nc(-c2ccc(F)c(Br)c2)sc1C(C)=O. The van der Waals surface area contributed by atoms with E-state index >= 15 is 0 Å². The van der Waals surface area contributed by atoms with Crippen LogP contribution in [-0.2, 0) is 4.74 Å². The standard InChI is InChI=1S/C14H11BrFNO3S/c1-3-20-14(19)11-12(7(2)18)21-13(17-11)8-4-5-10(16)9(15)6-8/h4-6H,3H2,1-2H3. The summed E-state index contributed by atoms with van der Waals surface area (Å²) in [7, 11) is 0. The van der Waals surface area contributed by atoms with E-state index in [1.54, 1.807) is 13.0 Å². The van der Waals surface area contributed by atoms with Crippen LogP contribution in [0.15, 0.2) is 22.7 Å². The number of benzene rings is 1. The predicted molar refractivity (Wildman–Crippen MR) is 81.2 cm³/mol. The maximum atomic E-state index is 13.3. The molecule has 1 heterocycles. The summed E-state index contributed by atoms with van der Waals surface area (Å²) < 4.78 is 18.4. The largest absolute Gasteiger partial charge is 0.461 e. The molecule has 0 saturated carbocycles. The molecular weight excluding hydrogens is 361 g/mol. The summed E-state index contributed by atoms with van der Waals surface area (Å²) in [4.78, 5) is 27.9. The molecule has 0 atom stereocenters. The topological polar surface area (TPSA) is 56.3 Å². The van der Waals surface area contributed by atoms with E-state index < -0.39 is 11.8 Å². The van der Waals surface area contributed by atoms with Crippen molar-refractivity contribution in [2.45, 2.75) is 13.8 Å². The van der Waals surface area contributed by atoms with Crippen LogP contribution in [0.3, 0.4) is 0 Å². The minimum absolute atomic E-state index is 0.00444. The van der Waals surface area contributed by atoms with Crippen molar-refractivity contribution in [1.29, 1.82) is 0 Å². The van der Waals surface area contributed by atoms with Crippen molar-refractivity contribution in [3.05, 3.63) is 39.1 Å². The van der Waals surface area contributed by atoms with Crippen LogP contribution < -0.4 is 0 Å². The quantitative estimate of drug-likeness (QED) is 0.599. The molecule has 0 radical (unpaired) electrons. The van der Waals surface area contributed by atoms with E-state index in [-0.39, 0.29) is 27.4 Å². The lowest BCUT2D eigenvalue weighted by Gasteiger charge is -1.99. The number of Topliss-reactive ketones (excluding diaryl/α,β-unsaturated/α-hetero) is 1. The molecule has 0 bridgehead atoms. The molecule has 2 aromatic rings. The number of halogens is 2. The second-order valence-corrected chi connectivity index (χ2v) is 5.96. The third-order valence-electron chi connectivity index (χ3n) is 2.58. The van der Waals surface area contributed by atoms with Crippen molar-refractivity contribution in [2.24, 2.45) is 0 Å². The molecule has 7 heteroatoms. The van der Waals surface area contributed by atoms with E-state index in [9.17, 15) is 14.0 Å². The maximum absolute atomic E-state index is 13.3. The van der Waals surface area contributed by atoms with Crippen LogP contribution in [0.4, 0.5) is 4.39 Å². The van der Waals surface area contributed by atoms with Crippen LogP contribution >= 0.6 is 27.3 Å². The van der Waals surface area contributed by atoms with E-state index in [2.05, 4.69) is 20.9 Å². The van der Waals surface area contributed by atoms with Gasteiger partial charge in [-0.05, 0) is 41.1 Å². The summed E-state index contributed by atoms with van der Waals surface area (Å²) in [6, 6.07) is 4.38. The molecule has 1 aromatic heterocycles. The number of aromatic nitrogens is 1. The Bertz CT molecular complexity index is 714. The van der Waals surface area contributed by atoms with Gasteiger partial charge in [0.1, 0.15) is 15.7 Å². The molecule has 0 N–H and O–H groups in total. The Labute approximate surface area is 133 Å². The number of carbonyl (C=O) groups is 2. The molecule has 0 saturated heterocycles. The van der Waals surface area contributed by atoms with Crippen LogP contribution in [0.1, 0.15) is 34.0 Å². The number of thiazole rings is 1. The summed E-state index contributed by atoms with van der Waals surface area (Å²) >= 11 is 4.18. The number of esters is 1.